The van der Waals surface area contributed by atoms with E-state index in [-0.39, 0.29) is 37.3 Å². The summed E-state index contributed by atoms with van der Waals surface area (Å²) in [6, 6.07) is 6.80. The molecular formula is C14H20Cl2N6O2S. The summed E-state index contributed by atoms with van der Waals surface area (Å²) in [6.07, 6.45) is 0. The number of carbonyl (C=O) groups excluding carboxylic acids is 2. The fraction of sp³-hybridized carbons (Fsp3) is 0.214. The van der Waals surface area contributed by atoms with E-state index in [0.717, 1.165) is 22.0 Å². The van der Waals surface area contributed by atoms with E-state index in [0.29, 0.717) is 11.7 Å². The Morgan fingerprint density at radius 2 is 1.88 bits per heavy atom. The summed E-state index contributed by atoms with van der Waals surface area (Å²) >= 11 is 1.38. The number of benzene rings is 1. The minimum absolute atomic E-state index is 0. The molecular weight excluding hydrogens is 387 g/mol. The molecule has 2 rings (SSSR count). The van der Waals surface area contributed by atoms with E-state index in [2.05, 4.69) is 15.6 Å². The van der Waals surface area contributed by atoms with Crippen molar-refractivity contribution in [1.29, 1.82) is 0 Å². The monoisotopic (exact) mass is 406 g/mol. The van der Waals surface area contributed by atoms with Crippen molar-refractivity contribution in [2.45, 2.75) is 20.0 Å². The molecule has 0 spiro atoms. The van der Waals surface area contributed by atoms with Crippen LogP contribution in [0.1, 0.15) is 18.2 Å². The highest BCUT2D eigenvalue weighted by atomic mass is 35.5. The van der Waals surface area contributed by atoms with Crippen LogP contribution in [0.3, 0.4) is 0 Å². The van der Waals surface area contributed by atoms with Crippen molar-refractivity contribution in [3.63, 3.8) is 0 Å². The number of carbonyl (C=O) groups is 2. The van der Waals surface area contributed by atoms with E-state index in [9.17, 15) is 9.59 Å². The average Bonchev–Trinajstić information content (AvgIpc) is 2.93. The van der Waals surface area contributed by atoms with Crippen LogP contribution >= 0.6 is 36.2 Å². The minimum Gasteiger partial charge on any atom is -0.379 e. The molecule has 0 aliphatic rings. The van der Waals surface area contributed by atoms with Crippen LogP contribution in [0.4, 0.5) is 15.6 Å². The van der Waals surface area contributed by atoms with E-state index in [1.54, 1.807) is 0 Å². The van der Waals surface area contributed by atoms with Crippen LogP contribution < -0.4 is 22.2 Å². The molecule has 3 amide bonds. The van der Waals surface area contributed by atoms with Gasteiger partial charge in [-0.3, -0.25) is 9.80 Å². The number of hydrazine groups is 1. The number of thiazole rings is 1. The quantitative estimate of drug-likeness (QED) is 0.332. The molecule has 0 unspecified atom stereocenters. The lowest BCUT2D eigenvalue weighted by atomic mass is 10.2. The highest BCUT2D eigenvalue weighted by molar-refractivity contribution is 7.13. The van der Waals surface area contributed by atoms with Crippen molar-refractivity contribution in [2.75, 3.05) is 10.6 Å². The molecule has 138 valence electrons. The van der Waals surface area contributed by atoms with Crippen molar-refractivity contribution >= 4 is 58.9 Å². The highest BCUT2D eigenvalue weighted by Gasteiger charge is 2.06. The maximum absolute atomic E-state index is 11.0. The Balaban J connectivity index is 0.00000288. The summed E-state index contributed by atoms with van der Waals surface area (Å²) in [5.74, 6) is 5.32. The van der Waals surface area contributed by atoms with E-state index < -0.39 is 6.03 Å². The molecule has 1 aromatic carbocycles. The van der Waals surface area contributed by atoms with Gasteiger partial charge in [-0.15, -0.1) is 36.2 Å². The largest absolute Gasteiger partial charge is 0.379 e. The molecule has 0 saturated heterocycles. The van der Waals surface area contributed by atoms with Gasteiger partial charge in [-0.1, -0.05) is 12.1 Å². The summed E-state index contributed by atoms with van der Waals surface area (Å²) in [6.45, 7) is 2.24. The topological polar surface area (TPSA) is 126 Å². The number of hydrogen-bond donors (Lipinski definition) is 4. The second-order valence-corrected chi connectivity index (χ2v) is 5.70. The van der Waals surface area contributed by atoms with E-state index >= 15 is 0 Å². The molecule has 0 atom stereocenters. The Labute approximate surface area is 161 Å². The fourth-order valence-corrected chi connectivity index (χ4v) is 2.55. The lowest BCUT2D eigenvalue weighted by molar-refractivity contribution is -0.114. The van der Waals surface area contributed by atoms with Gasteiger partial charge in [-0.25, -0.2) is 15.6 Å². The van der Waals surface area contributed by atoms with Gasteiger partial charge in [0.2, 0.25) is 5.91 Å². The van der Waals surface area contributed by atoms with Gasteiger partial charge in [0.25, 0.3) is 0 Å². The van der Waals surface area contributed by atoms with Crippen LogP contribution in [0, 0.1) is 0 Å². The normalized spacial score (nSPS) is 9.36. The molecule has 0 saturated carbocycles. The third kappa shape index (κ3) is 7.57. The van der Waals surface area contributed by atoms with Crippen molar-refractivity contribution in [1.82, 2.24) is 9.99 Å². The molecule has 0 fully saturated rings. The highest BCUT2D eigenvalue weighted by Crippen LogP contribution is 2.17. The standard InChI is InChI=1S/C14H18N6O2S.2ClH/c1-9(21)18-14-19-12(8-23-14)6-17-11-4-2-10(3-5-11)7-20(16)13(15)22;;/h2-5,8,17H,6-7,16H2,1H3,(H2,15,22)(H,18,19,21);2*1H. The number of anilines is 2. The zero-order chi connectivity index (χ0) is 16.8. The molecule has 0 aliphatic heterocycles. The maximum atomic E-state index is 11.0. The van der Waals surface area contributed by atoms with Gasteiger partial charge in [0.05, 0.1) is 18.8 Å². The lowest BCUT2D eigenvalue weighted by Crippen LogP contribution is -2.40. The lowest BCUT2D eigenvalue weighted by Gasteiger charge is -2.13. The summed E-state index contributed by atoms with van der Waals surface area (Å²) in [5, 5.41) is 9.28. The molecule has 0 radical (unpaired) electrons. The molecule has 1 aromatic heterocycles. The minimum atomic E-state index is -0.675. The predicted octanol–water partition coefficient (Wildman–Crippen LogP) is 2.31. The number of amides is 3. The van der Waals surface area contributed by atoms with Crippen molar-refractivity contribution in [3.05, 3.63) is 40.9 Å². The van der Waals surface area contributed by atoms with Gasteiger partial charge in [0.15, 0.2) is 5.13 Å². The summed E-state index contributed by atoms with van der Waals surface area (Å²) in [7, 11) is 0. The number of primary amides is 1. The van der Waals surface area contributed by atoms with Crippen LogP contribution in [0.15, 0.2) is 29.6 Å². The van der Waals surface area contributed by atoms with E-state index in [1.807, 2.05) is 29.6 Å². The zero-order valence-corrected chi connectivity index (χ0v) is 15.8. The molecule has 8 nitrogen and oxygen atoms in total. The second kappa shape index (κ2) is 10.7. The maximum Gasteiger partial charge on any atom is 0.329 e. The van der Waals surface area contributed by atoms with Crippen molar-refractivity contribution < 1.29 is 9.59 Å². The van der Waals surface area contributed by atoms with Crippen molar-refractivity contribution in [3.8, 4) is 0 Å². The third-order valence-electron chi connectivity index (χ3n) is 2.90. The first-order valence-electron chi connectivity index (χ1n) is 6.80. The summed E-state index contributed by atoms with van der Waals surface area (Å²) in [4.78, 5) is 26.1. The van der Waals surface area contributed by atoms with Gasteiger partial charge in [-0.05, 0) is 17.7 Å². The molecule has 1 heterocycles. The van der Waals surface area contributed by atoms with Gasteiger partial charge in [0, 0.05) is 18.0 Å². The Bertz CT molecular complexity index is 695. The average molecular weight is 407 g/mol. The Morgan fingerprint density at radius 3 is 2.44 bits per heavy atom. The van der Waals surface area contributed by atoms with Crippen molar-refractivity contribution in [2.24, 2.45) is 11.6 Å². The first-order valence-corrected chi connectivity index (χ1v) is 7.68. The molecule has 25 heavy (non-hydrogen) atoms. The van der Waals surface area contributed by atoms with Gasteiger partial charge >= 0.3 is 6.03 Å². The number of rotatable bonds is 6. The summed E-state index contributed by atoms with van der Waals surface area (Å²) in [5.41, 5.74) is 7.69. The van der Waals surface area contributed by atoms with Crippen LogP contribution in [0.25, 0.3) is 0 Å². The van der Waals surface area contributed by atoms with Crippen LogP contribution in [0.5, 0.6) is 0 Å². The number of urea groups is 1. The Kier molecular flexibility index (Phi) is 9.84. The summed E-state index contributed by atoms with van der Waals surface area (Å²) < 4.78 is 0. The molecule has 0 bridgehead atoms. The first-order chi connectivity index (χ1) is 10.9. The predicted molar refractivity (Wildman–Crippen MR) is 104 cm³/mol. The first kappa shape index (κ1) is 22.9. The van der Waals surface area contributed by atoms with Gasteiger partial charge in [-0.2, -0.15) is 0 Å². The van der Waals surface area contributed by atoms with E-state index in [1.165, 1.54) is 18.3 Å². The van der Waals surface area contributed by atoms with Crippen LogP contribution in [0.2, 0.25) is 0 Å². The molecule has 0 aliphatic carbocycles. The molecule has 6 N–H and O–H groups in total. The molecule has 11 heteroatoms. The number of nitrogens with zero attached hydrogens (tertiary/aromatic N) is 2. The Morgan fingerprint density at radius 1 is 1.24 bits per heavy atom. The van der Waals surface area contributed by atoms with Crippen LogP contribution in [-0.4, -0.2) is 21.9 Å². The number of nitrogens with two attached hydrogens (primary N) is 2. The fourth-order valence-electron chi connectivity index (χ4n) is 1.79. The number of nitrogens with one attached hydrogen (secondary N) is 2. The van der Waals surface area contributed by atoms with E-state index in [4.69, 9.17) is 11.6 Å². The van der Waals surface area contributed by atoms with Gasteiger partial charge < -0.3 is 16.4 Å². The number of hydrogen-bond acceptors (Lipinski definition) is 6. The zero-order valence-electron chi connectivity index (χ0n) is 13.4. The number of halogens is 2. The van der Waals surface area contributed by atoms with Gasteiger partial charge in [0.1, 0.15) is 0 Å². The Hall–Kier alpha value is -2.07. The SMILES string of the molecule is CC(=O)Nc1nc(CNc2ccc(CN(N)C(N)=O)cc2)cs1.Cl.Cl. The molecule has 2 aromatic rings. The van der Waals surface area contributed by atoms with Crippen LogP contribution in [-0.2, 0) is 17.9 Å². The third-order valence-corrected chi connectivity index (χ3v) is 3.70. The number of aromatic nitrogens is 1. The second-order valence-electron chi connectivity index (χ2n) is 4.84. The smallest absolute Gasteiger partial charge is 0.329 e.